The zero-order chi connectivity index (χ0) is 11.8. The standard InChI is InChI=1S/C12H14FN3O/c13-9-2-1-3-10(6-9)16-8-11-7-14-4-5-15(11)12(16)17/h1-3,6,11,14H,4-5,7-8H2. The number of rotatable bonds is 1. The summed E-state index contributed by atoms with van der Waals surface area (Å²) < 4.78 is 13.2. The molecule has 4 nitrogen and oxygen atoms in total. The number of nitrogens with one attached hydrogen (secondary N) is 1. The number of nitrogens with zero attached hydrogens (tertiary/aromatic N) is 2. The Balaban J connectivity index is 1.87. The molecule has 5 heteroatoms. The quantitative estimate of drug-likeness (QED) is 0.789. The predicted octanol–water partition coefficient (Wildman–Crippen LogP) is 1.04. The number of carbonyl (C=O) groups excluding carboxylic acids is 1. The zero-order valence-corrected chi connectivity index (χ0v) is 9.40. The second-order valence-electron chi connectivity index (χ2n) is 4.42. The number of hydrogen-bond acceptors (Lipinski definition) is 2. The van der Waals surface area contributed by atoms with Crippen molar-refractivity contribution in [3.05, 3.63) is 30.1 Å². The Kier molecular flexibility index (Phi) is 2.48. The van der Waals surface area contributed by atoms with E-state index in [0.29, 0.717) is 12.2 Å². The van der Waals surface area contributed by atoms with Gasteiger partial charge in [-0.15, -0.1) is 0 Å². The third kappa shape index (κ3) is 1.76. The molecule has 0 bridgehead atoms. The first-order valence-electron chi connectivity index (χ1n) is 5.80. The van der Waals surface area contributed by atoms with Crippen molar-refractivity contribution < 1.29 is 9.18 Å². The van der Waals surface area contributed by atoms with Gasteiger partial charge in [0.2, 0.25) is 0 Å². The fourth-order valence-corrected chi connectivity index (χ4v) is 2.48. The van der Waals surface area contributed by atoms with Gasteiger partial charge in [-0.25, -0.2) is 9.18 Å². The molecule has 2 fully saturated rings. The molecule has 1 aromatic carbocycles. The van der Waals surface area contributed by atoms with Crippen LogP contribution < -0.4 is 10.2 Å². The Hall–Kier alpha value is -1.62. The summed E-state index contributed by atoms with van der Waals surface area (Å²) in [6, 6.07) is 6.39. The van der Waals surface area contributed by atoms with Gasteiger partial charge < -0.3 is 10.2 Å². The van der Waals surface area contributed by atoms with E-state index in [1.807, 2.05) is 4.90 Å². The van der Waals surface area contributed by atoms with E-state index >= 15 is 0 Å². The monoisotopic (exact) mass is 235 g/mol. The van der Waals surface area contributed by atoms with E-state index in [9.17, 15) is 9.18 Å². The molecular weight excluding hydrogens is 221 g/mol. The van der Waals surface area contributed by atoms with Gasteiger partial charge in [-0.05, 0) is 18.2 Å². The number of carbonyl (C=O) groups is 1. The minimum Gasteiger partial charge on any atom is -0.317 e. The first kappa shape index (κ1) is 10.5. The smallest absolute Gasteiger partial charge is 0.317 e. The summed E-state index contributed by atoms with van der Waals surface area (Å²) in [5, 5.41) is 3.27. The number of urea groups is 1. The van der Waals surface area contributed by atoms with Crippen LogP contribution in [0.2, 0.25) is 0 Å². The van der Waals surface area contributed by atoms with Crippen LogP contribution >= 0.6 is 0 Å². The first-order chi connectivity index (χ1) is 8.25. The van der Waals surface area contributed by atoms with Crippen molar-refractivity contribution in [3.8, 4) is 0 Å². The van der Waals surface area contributed by atoms with Crippen LogP contribution in [0.3, 0.4) is 0 Å². The molecule has 1 unspecified atom stereocenters. The van der Waals surface area contributed by atoms with Crippen LogP contribution in [0, 0.1) is 5.82 Å². The van der Waals surface area contributed by atoms with Crippen LogP contribution in [0.5, 0.6) is 0 Å². The molecule has 2 heterocycles. The lowest BCUT2D eigenvalue weighted by Gasteiger charge is -2.28. The second kappa shape index (κ2) is 4.00. The van der Waals surface area contributed by atoms with Gasteiger partial charge in [0.1, 0.15) is 5.82 Å². The third-order valence-electron chi connectivity index (χ3n) is 3.34. The number of halogens is 1. The maximum atomic E-state index is 13.2. The van der Waals surface area contributed by atoms with E-state index in [1.54, 1.807) is 17.0 Å². The molecule has 1 aromatic rings. The van der Waals surface area contributed by atoms with E-state index in [4.69, 9.17) is 0 Å². The van der Waals surface area contributed by atoms with E-state index in [1.165, 1.54) is 12.1 Å². The summed E-state index contributed by atoms with van der Waals surface area (Å²) in [5.74, 6) is -0.307. The van der Waals surface area contributed by atoms with Gasteiger partial charge in [0, 0.05) is 31.9 Å². The highest BCUT2D eigenvalue weighted by Crippen LogP contribution is 2.24. The SMILES string of the molecule is O=C1N(c2cccc(F)c2)CC2CNCCN12. The molecule has 3 rings (SSSR count). The van der Waals surface area contributed by atoms with Crippen molar-refractivity contribution in [2.75, 3.05) is 31.1 Å². The predicted molar refractivity (Wildman–Crippen MR) is 62.5 cm³/mol. The molecule has 1 N–H and O–H groups in total. The third-order valence-corrected chi connectivity index (χ3v) is 3.34. The Morgan fingerprint density at radius 3 is 3.06 bits per heavy atom. The molecule has 0 radical (unpaired) electrons. The van der Waals surface area contributed by atoms with Crippen molar-refractivity contribution in [3.63, 3.8) is 0 Å². The van der Waals surface area contributed by atoms with Gasteiger partial charge in [-0.1, -0.05) is 6.07 Å². The van der Waals surface area contributed by atoms with Crippen molar-refractivity contribution in [1.29, 1.82) is 0 Å². The van der Waals surface area contributed by atoms with Crippen LogP contribution in [0.15, 0.2) is 24.3 Å². The van der Waals surface area contributed by atoms with Crippen molar-refractivity contribution in [2.24, 2.45) is 0 Å². The number of benzene rings is 1. The number of amides is 2. The highest BCUT2D eigenvalue weighted by molar-refractivity contribution is 5.94. The van der Waals surface area contributed by atoms with E-state index < -0.39 is 0 Å². The van der Waals surface area contributed by atoms with Crippen LogP contribution in [-0.4, -0.2) is 43.2 Å². The van der Waals surface area contributed by atoms with Gasteiger partial charge in [-0.3, -0.25) is 4.90 Å². The van der Waals surface area contributed by atoms with Crippen LogP contribution in [0.4, 0.5) is 14.9 Å². The lowest BCUT2D eigenvalue weighted by molar-refractivity contribution is 0.193. The molecule has 17 heavy (non-hydrogen) atoms. The largest absolute Gasteiger partial charge is 0.324 e. The number of hydrogen-bond donors (Lipinski definition) is 1. The van der Waals surface area contributed by atoms with Gasteiger partial charge in [0.25, 0.3) is 0 Å². The Bertz CT molecular complexity index is 451. The van der Waals surface area contributed by atoms with E-state index in [0.717, 1.165) is 19.6 Å². The van der Waals surface area contributed by atoms with Gasteiger partial charge in [0.05, 0.1) is 6.04 Å². The Morgan fingerprint density at radius 2 is 2.29 bits per heavy atom. The molecule has 1 atom stereocenters. The normalized spacial score (nSPS) is 24.1. The van der Waals surface area contributed by atoms with E-state index in [2.05, 4.69) is 5.32 Å². The van der Waals surface area contributed by atoms with Gasteiger partial charge >= 0.3 is 6.03 Å². The highest BCUT2D eigenvalue weighted by Gasteiger charge is 2.38. The summed E-state index contributed by atoms with van der Waals surface area (Å²) in [5.41, 5.74) is 0.643. The highest BCUT2D eigenvalue weighted by atomic mass is 19.1. The first-order valence-corrected chi connectivity index (χ1v) is 5.80. The van der Waals surface area contributed by atoms with Crippen LogP contribution in [0.1, 0.15) is 0 Å². The molecule has 0 aliphatic carbocycles. The molecule has 0 aromatic heterocycles. The van der Waals surface area contributed by atoms with Crippen molar-refractivity contribution in [2.45, 2.75) is 6.04 Å². The van der Waals surface area contributed by atoms with Crippen LogP contribution in [-0.2, 0) is 0 Å². The summed E-state index contributed by atoms with van der Waals surface area (Å²) in [6.45, 7) is 3.02. The van der Waals surface area contributed by atoms with Crippen molar-refractivity contribution >= 4 is 11.7 Å². The fourth-order valence-electron chi connectivity index (χ4n) is 2.48. The van der Waals surface area contributed by atoms with E-state index in [-0.39, 0.29) is 17.9 Å². The maximum absolute atomic E-state index is 13.2. The molecule has 2 aliphatic rings. The molecular formula is C12H14FN3O. The minimum atomic E-state index is -0.307. The van der Waals surface area contributed by atoms with Crippen molar-refractivity contribution in [1.82, 2.24) is 10.2 Å². The lowest BCUT2D eigenvalue weighted by Crippen LogP contribution is -2.49. The zero-order valence-electron chi connectivity index (χ0n) is 9.40. The summed E-state index contributed by atoms with van der Waals surface area (Å²) in [7, 11) is 0. The lowest BCUT2D eigenvalue weighted by atomic mass is 10.2. The summed E-state index contributed by atoms with van der Waals surface area (Å²) >= 11 is 0. The summed E-state index contributed by atoms with van der Waals surface area (Å²) in [6.07, 6.45) is 0. The number of piperazine rings is 1. The molecule has 90 valence electrons. The number of anilines is 1. The van der Waals surface area contributed by atoms with Crippen LogP contribution in [0.25, 0.3) is 0 Å². The molecule has 2 aliphatic heterocycles. The topological polar surface area (TPSA) is 35.6 Å². The van der Waals surface area contributed by atoms with Gasteiger partial charge in [-0.2, -0.15) is 0 Å². The average molecular weight is 235 g/mol. The molecule has 0 saturated carbocycles. The molecule has 2 saturated heterocycles. The number of fused-ring (bicyclic) bond motifs is 1. The maximum Gasteiger partial charge on any atom is 0.324 e. The summed E-state index contributed by atoms with van der Waals surface area (Å²) in [4.78, 5) is 15.7. The Labute approximate surface area is 99.0 Å². The average Bonchev–Trinajstić information content (AvgIpc) is 2.68. The Morgan fingerprint density at radius 1 is 1.41 bits per heavy atom. The molecule has 2 amide bonds. The minimum absolute atomic E-state index is 0.0119. The molecule has 0 spiro atoms. The van der Waals surface area contributed by atoms with Gasteiger partial charge in [0.15, 0.2) is 0 Å². The fraction of sp³-hybridized carbons (Fsp3) is 0.417. The second-order valence-corrected chi connectivity index (χ2v) is 4.42.